The minimum absolute atomic E-state index is 0. The molecule has 1 unspecified atom stereocenters. The van der Waals surface area contributed by atoms with Gasteiger partial charge in [0.05, 0.1) is 12.2 Å². The highest BCUT2D eigenvalue weighted by molar-refractivity contribution is 7.51. The zero-order chi connectivity index (χ0) is 15.0. The van der Waals surface area contributed by atoms with Gasteiger partial charge in [0, 0.05) is 6.66 Å². The Hall–Kier alpha value is 0.220. The molecule has 8 nitrogen and oxygen atoms in total. The summed E-state index contributed by atoms with van der Waals surface area (Å²) in [5, 5.41) is 0. The molecule has 3 N–H and O–H groups in total. The van der Waals surface area contributed by atoms with E-state index in [1.54, 1.807) is 13.8 Å². The maximum atomic E-state index is 10.4. The van der Waals surface area contributed by atoms with Gasteiger partial charge < -0.3 is 19.4 Å². The molecular weight excluding hydrogens is 298 g/mol. The molecule has 0 rings (SSSR count). The Morgan fingerprint density at radius 1 is 1.00 bits per heavy atom. The molecular formula is C9H26O8P2. The monoisotopic (exact) mass is 324 g/mol. The third kappa shape index (κ3) is 32.1. The second kappa shape index (κ2) is 10.9. The van der Waals surface area contributed by atoms with Gasteiger partial charge in [-0.1, -0.05) is 7.43 Å². The third-order valence-corrected chi connectivity index (χ3v) is 2.32. The van der Waals surface area contributed by atoms with Crippen LogP contribution in [0.3, 0.4) is 0 Å². The molecule has 0 aromatic rings. The van der Waals surface area contributed by atoms with Crippen LogP contribution in [0.15, 0.2) is 0 Å². The molecule has 0 amide bonds. The van der Waals surface area contributed by atoms with Gasteiger partial charge in [-0.3, -0.25) is 13.6 Å². The lowest BCUT2D eigenvalue weighted by Gasteiger charge is -2.09. The van der Waals surface area contributed by atoms with Crippen molar-refractivity contribution in [2.45, 2.75) is 47.3 Å². The smallest absolute Gasteiger partial charge is 0.352 e. The van der Waals surface area contributed by atoms with Gasteiger partial charge in [0.15, 0.2) is 6.79 Å². The van der Waals surface area contributed by atoms with Crippen molar-refractivity contribution < 1.29 is 37.6 Å². The van der Waals surface area contributed by atoms with Crippen LogP contribution in [0.5, 0.6) is 0 Å². The lowest BCUT2D eigenvalue weighted by Crippen LogP contribution is -2.05. The first-order valence-electron chi connectivity index (χ1n) is 5.14. The fraction of sp³-hybridized carbons (Fsp3) is 1.00. The summed E-state index contributed by atoms with van der Waals surface area (Å²) < 4.78 is 33.8. The summed E-state index contributed by atoms with van der Waals surface area (Å²) in [7, 11) is -7.57. The number of hydrogen-bond donors (Lipinski definition) is 3. The van der Waals surface area contributed by atoms with E-state index in [-0.39, 0.29) is 20.3 Å². The van der Waals surface area contributed by atoms with Crippen molar-refractivity contribution in [2.75, 3.05) is 13.5 Å². The Kier molecular flexibility index (Phi) is 14.0. The Labute approximate surface area is 114 Å². The fourth-order valence-corrected chi connectivity index (χ4v) is 1.34. The lowest BCUT2D eigenvalue weighted by molar-refractivity contribution is -0.0237. The van der Waals surface area contributed by atoms with Gasteiger partial charge in [0.25, 0.3) is 0 Å². The zero-order valence-corrected chi connectivity index (χ0v) is 12.9. The second-order valence-corrected chi connectivity index (χ2v) is 6.97. The van der Waals surface area contributed by atoms with E-state index in [9.17, 15) is 9.13 Å². The molecule has 0 saturated heterocycles. The lowest BCUT2D eigenvalue weighted by atomic mass is 10.5. The van der Waals surface area contributed by atoms with E-state index in [1.165, 1.54) is 0 Å². The Morgan fingerprint density at radius 3 is 1.58 bits per heavy atom. The molecule has 0 aromatic carbocycles. The molecule has 0 aliphatic heterocycles. The molecule has 10 heteroatoms. The van der Waals surface area contributed by atoms with E-state index in [0.29, 0.717) is 0 Å². The van der Waals surface area contributed by atoms with Crippen LogP contribution in [0, 0.1) is 0 Å². The molecule has 0 heterocycles. The molecule has 0 aliphatic carbocycles. The molecule has 0 spiro atoms. The van der Waals surface area contributed by atoms with Crippen molar-refractivity contribution >= 4 is 15.4 Å². The summed E-state index contributed by atoms with van der Waals surface area (Å²) in [6.07, 6.45) is -0.401. The van der Waals surface area contributed by atoms with E-state index in [4.69, 9.17) is 19.4 Å². The van der Waals surface area contributed by atoms with E-state index >= 15 is 0 Å². The molecule has 0 aliphatic rings. The first-order valence-corrected chi connectivity index (χ1v) is 8.69. The van der Waals surface area contributed by atoms with Crippen LogP contribution in [0.4, 0.5) is 0 Å². The predicted molar refractivity (Wildman–Crippen MR) is 72.9 cm³/mol. The highest BCUT2D eigenvalue weighted by atomic mass is 31.2. The number of ether oxygens (including phenoxy) is 1. The SMILES string of the molecule is C.CC(C)OCOP(C)(=O)O.CC(C)OP(=O)(O)O. The topological polar surface area (TPSA) is 123 Å². The van der Waals surface area contributed by atoms with Gasteiger partial charge in [-0.15, -0.1) is 0 Å². The minimum Gasteiger partial charge on any atom is -0.352 e. The minimum atomic E-state index is -4.22. The van der Waals surface area contributed by atoms with Crippen LogP contribution < -0.4 is 0 Å². The van der Waals surface area contributed by atoms with Gasteiger partial charge >= 0.3 is 15.4 Å². The summed E-state index contributed by atoms with van der Waals surface area (Å²) in [5.74, 6) is 0. The molecule has 0 bridgehead atoms. The van der Waals surface area contributed by atoms with Crippen LogP contribution in [0.2, 0.25) is 0 Å². The predicted octanol–water partition coefficient (Wildman–Crippen LogP) is 2.34. The van der Waals surface area contributed by atoms with Gasteiger partial charge in [0.2, 0.25) is 0 Å². The van der Waals surface area contributed by atoms with Gasteiger partial charge in [-0.25, -0.2) is 4.57 Å². The van der Waals surface area contributed by atoms with E-state index in [1.807, 2.05) is 13.8 Å². The van der Waals surface area contributed by atoms with Crippen LogP contribution >= 0.6 is 15.4 Å². The second-order valence-electron chi connectivity index (χ2n) is 3.91. The summed E-state index contributed by atoms with van der Waals surface area (Å²) >= 11 is 0. The van der Waals surface area contributed by atoms with Crippen molar-refractivity contribution in [1.29, 1.82) is 0 Å². The molecule has 19 heavy (non-hydrogen) atoms. The molecule has 0 saturated carbocycles. The van der Waals surface area contributed by atoms with E-state index in [0.717, 1.165) is 6.66 Å². The van der Waals surface area contributed by atoms with Crippen molar-refractivity contribution in [3.05, 3.63) is 0 Å². The quantitative estimate of drug-likeness (QED) is 0.502. The maximum Gasteiger partial charge on any atom is 0.469 e. The number of phosphoric acid groups is 1. The average Bonchev–Trinajstić information content (AvgIpc) is 1.95. The summed E-state index contributed by atoms with van der Waals surface area (Å²) in [4.78, 5) is 24.7. The summed E-state index contributed by atoms with van der Waals surface area (Å²) in [6.45, 7) is 7.75. The molecule has 0 fully saturated rings. The number of rotatable bonds is 6. The van der Waals surface area contributed by atoms with Crippen LogP contribution in [0.25, 0.3) is 0 Å². The van der Waals surface area contributed by atoms with Crippen LogP contribution in [0.1, 0.15) is 35.1 Å². The largest absolute Gasteiger partial charge is 0.469 e. The highest BCUT2D eigenvalue weighted by Gasteiger charge is 2.14. The average molecular weight is 324 g/mol. The molecule has 1 atom stereocenters. The van der Waals surface area contributed by atoms with Crippen molar-refractivity contribution in [2.24, 2.45) is 0 Å². The van der Waals surface area contributed by atoms with Gasteiger partial charge in [0.1, 0.15) is 0 Å². The number of phosphoric ester groups is 1. The summed E-state index contributed by atoms with van der Waals surface area (Å²) in [6, 6.07) is 0. The first kappa shape index (κ1) is 24.3. The molecule has 0 radical (unpaired) electrons. The molecule has 120 valence electrons. The Balaban J connectivity index is -0.000000262. The third-order valence-electron chi connectivity index (χ3n) is 1.04. The highest BCUT2D eigenvalue weighted by Crippen LogP contribution is 2.37. The first-order chi connectivity index (χ1) is 7.83. The van der Waals surface area contributed by atoms with Crippen LogP contribution in [-0.4, -0.2) is 40.3 Å². The van der Waals surface area contributed by atoms with Crippen molar-refractivity contribution in [3.8, 4) is 0 Å². The van der Waals surface area contributed by atoms with E-state index < -0.39 is 21.5 Å². The zero-order valence-electron chi connectivity index (χ0n) is 11.1. The fourth-order valence-electron chi connectivity index (χ4n) is 0.539. The van der Waals surface area contributed by atoms with E-state index in [2.05, 4.69) is 9.05 Å². The number of hydrogen-bond acceptors (Lipinski definition) is 5. The molecule has 0 aromatic heterocycles. The Morgan fingerprint density at radius 2 is 1.42 bits per heavy atom. The standard InChI is InChI=1S/C5H13O4P.C3H9O4P.CH4/c1-5(2)8-4-9-10(3,6)7;1-3(2)7-8(4,5)6;/h5H,4H2,1-3H3,(H,6,7);3H,1-2H3,(H2,4,5,6);1H4. The van der Waals surface area contributed by atoms with Gasteiger partial charge in [-0.05, 0) is 27.7 Å². The van der Waals surface area contributed by atoms with Gasteiger partial charge in [-0.2, -0.15) is 0 Å². The van der Waals surface area contributed by atoms with Crippen LogP contribution in [-0.2, 0) is 22.9 Å². The van der Waals surface area contributed by atoms with Crippen molar-refractivity contribution in [1.82, 2.24) is 0 Å². The maximum absolute atomic E-state index is 10.4. The normalized spacial score (nSPS) is 14.4. The van der Waals surface area contributed by atoms with Crippen molar-refractivity contribution in [3.63, 3.8) is 0 Å². The Bertz CT molecular complexity index is 293. The summed E-state index contributed by atoms with van der Waals surface area (Å²) in [5.41, 5.74) is 0.